The van der Waals surface area contributed by atoms with E-state index in [2.05, 4.69) is 59.8 Å². The number of aromatic nitrogens is 1. The van der Waals surface area contributed by atoms with Gasteiger partial charge in [-0.2, -0.15) is 0 Å². The third kappa shape index (κ3) is 2.97. The second-order valence-electron chi connectivity index (χ2n) is 4.23. The molecule has 4 heteroatoms. The second kappa shape index (κ2) is 5.19. The zero-order chi connectivity index (χ0) is 12.3. The Labute approximate surface area is 106 Å². The highest BCUT2D eigenvalue weighted by molar-refractivity contribution is 7.07. The Hall–Kier alpha value is -1.55. The Balaban J connectivity index is 2.09. The van der Waals surface area contributed by atoms with Crippen LogP contribution in [-0.2, 0) is 6.54 Å². The molecule has 0 atom stereocenters. The van der Waals surface area contributed by atoms with Crippen molar-refractivity contribution in [2.24, 2.45) is 0 Å². The summed E-state index contributed by atoms with van der Waals surface area (Å²) >= 11 is 1.63. The maximum atomic E-state index is 4.25. The van der Waals surface area contributed by atoms with Crippen LogP contribution in [0, 0.1) is 6.92 Å². The quantitative estimate of drug-likeness (QED) is 0.899. The van der Waals surface area contributed by atoms with Gasteiger partial charge in [-0.1, -0.05) is 6.07 Å². The van der Waals surface area contributed by atoms with Crippen LogP contribution in [0.25, 0.3) is 0 Å². The molecule has 90 valence electrons. The fraction of sp³-hybridized carbons (Fsp3) is 0.308. The summed E-state index contributed by atoms with van der Waals surface area (Å²) in [7, 11) is 4.12. The summed E-state index contributed by atoms with van der Waals surface area (Å²) < 4.78 is 0. The number of anilines is 2. The standard InChI is InChI=1S/C13H17N3S/c1-10-4-5-11(6-13(10)16(2)3)14-7-12-8-17-9-15-12/h4-6,8-9,14H,7H2,1-3H3. The van der Waals surface area contributed by atoms with E-state index in [4.69, 9.17) is 0 Å². The van der Waals surface area contributed by atoms with Gasteiger partial charge in [0.1, 0.15) is 0 Å². The van der Waals surface area contributed by atoms with Crippen LogP contribution in [0.2, 0.25) is 0 Å². The average Bonchev–Trinajstić information content (AvgIpc) is 2.80. The van der Waals surface area contributed by atoms with E-state index in [1.807, 2.05) is 5.51 Å². The normalized spacial score (nSPS) is 10.3. The van der Waals surface area contributed by atoms with Gasteiger partial charge in [0.25, 0.3) is 0 Å². The molecule has 2 rings (SSSR count). The molecule has 0 spiro atoms. The van der Waals surface area contributed by atoms with E-state index < -0.39 is 0 Å². The minimum absolute atomic E-state index is 0.777. The molecule has 0 bridgehead atoms. The molecule has 0 aliphatic carbocycles. The monoisotopic (exact) mass is 247 g/mol. The van der Waals surface area contributed by atoms with Crippen molar-refractivity contribution in [2.75, 3.05) is 24.3 Å². The highest BCUT2D eigenvalue weighted by Gasteiger charge is 2.02. The topological polar surface area (TPSA) is 28.2 Å². The van der Waals surface area contributed by atoms with Gasteiger partial charge in [-0.3, -0.25) is 0 Å². The molecule has 0 radical (unpaired) electrons. The van der Waals surface area contributed by atoms with Crippen LogP contribution in [0.1, 0.15) is 11.3 Å². The van der Waals surface area contributed by atoms with Crippen LogP contribution < -0.4 is 10.2 Å². The number of hydrogen-bond acceptors (Lipinski definition) is 4. The van der Waals surface area contributed by atoms with Gasteiger partial charge in [0.05, 0.1) is 17.7 Å². The fourth-order valence-corrected chi connectivity index (χ4v) is 2.28. The molecule has 1 N–H and O–H groups in total. The Morgan fingerprint density at radius 2 is 2.18 bits per heavy atom. The Bertz CT molecular complexity index is 477. The number of nitrogens with one attached hydrogen (secondary N) is 1. The molecule has 1 heterocycles. The fourth-order valence-electron chi connectivity index (χ4n) is 1.72. The number of thiazole rings is 1. The summed E-state index contributed by atoms with van der Waals surface area (Å²) in [6.45, 7) is 2.90. The summed E-state index contributed by atoms with van der Waals surface area (Å²) in [5.41, 5.74) is 6.61. The lowest BCUT2D eigenvalue weighted by Gasteiger charge is -2.17. The van der Waals surface area contributed by atoms with Crippen molar-refractivity contribution in [1.82, 2.24) is 4.98 Å². The second-order valence-corrected chi connectivity index (χ2v) is 4.95. The minimum Gasteiger partial charge on any atom is -0.379 e. The summed E-state index contributed by atoms with van der Waals surface area (Å²) in [5.74, 6) is 0. The van der Waals surface area contributed by atoms with Gasteiger partial charge in [-0.05, 0) is 24.6 Å². The third-order valence-electron chi connectivity index (χ3n) is 2.65. The maximum absolute atomic E-state index is 4.25. The molecule has 2 aromatic rings. The maximum Gasteiger partial charge on any atom is 0.0795 e. The molecule has 0 amide bonds. The van der Waals surface area contributed by atoms with Crippen LogP contribution in [0.4, 0.5) is 11.4 Å². The van der Waals surface area contributed by atoms with Crippen LogP contribution >= 0.6 is 11.3 Å². The summed E-state index contributed by atoms with van der Waals surface area (Å²) in [5, 5.41) is 5.45. The van der Waals surface area contributed by atoms with Crippen molar-refractivity contribution >= 4 is 22.7 Å². The SMILES string of the molecule is Cc1ccc(NCc2cscn2)cc1N(C)C. The molecule has 1 aromatic heterocycles. The van der Waals surface area contributed by atoms with Crippen molar-refractivity contribution in [3.05, 3.63) is 40.3 Å². The predicted octanol–water partition coefficient (Wildman–Crippen LogP) is 3.13. The van der Waals surface area contributed by atoms with Crippen molar-refractivity contribution < 1.29 is 0 Å². The lowest BCUT2D eigenvalue weighted by Crippen LogP contribution is -2.11. The Morgan fingerprint density at radius 3 is 2.82 bits per heavy atom. The molecule has 3 nitrogen and oxygen atoms in total. The van der Waals surface area contributed by atoms with Gasteiger partial charge in [0.15, 0.2) is 0 Å². The smallest absolute Gasteiger partial charge is 0.0795 e. The molecule has 0 aliphatic heterocycles. The lowest BCUT2D eigenvalue weighted by atomic mass is 10.1. The molecule has 0 fully saturated rings. The molecule has 1 aromatic carbocycles. The number of hydrogen-bond donors (Lipinski definition) is 1. The summed E-state index contributed by atoms with van der Waals surface area (Å²) in [6.07, 6.45) is 0. The van der Waals surface area contributed by atoms with Crippen LogP contribution in [-0.4, -0.2) is 19.1 Å². The molecule has 0 saturated carbocycles. The minimum atomic E-state index is 0.777. The van der Waals surface area contributed by atoms with E-state index in [9.17, 15) is 0 Å². The first-order valence-electron chi connectivity index (χ1n) is 5.56. The van der Waals surface area contributed by atoms with Gasteiger partial charge in [0.2, 0.25) is 0 Å². The summed E-state index contributed by atoms with van der Waals surface area (Å²) in [4.78, 5) is 6.38. The molecule has 0 aliphatic rings. The van der Waals surface area contributed by atoms with Gasteiger partial charge in [0, 0.05) is 30.9 Å². The largest absolute Gasteiger partial charge is 0.379 e. The van der Waals surface area contributed by atoms with Crippen molar-refractivity contribution in [1.29, 1.82) is 0 Å². The van der Waals surface area contributed by atoms with E-state index >= 15 is 0 Å². The van der Waals surface area contributed by atoms with Gasteiger partial charge in [-0.15, -0.1) is 11.3 Å². The van der Waals surface area contributed by atoms with E-state index in [-0.39, 0.29) is 0 Å². The number of nitrogens with zero attached hydrogens (tertiary/aromatic N) is 2. The highest BCUT2D eigenvalue weighted by Crippen LogP contribution is 2.22. The average molecular weight is 247 g/mol. The molecular weight excluding hydrogens is 230 g/mol. The van der Waals surface area contributed by atoms with Gasteiger partial charge in [-0.25, -0.2) is 4.98 Å². The first-order chi connectivity index (χ1) is 8.16. The van der Waals surface area contributed by atoms with Crippen molar-refractivity contribution in [3.8, 4) is 0 Å². The third-order valence-corrected chi connectivity index (χ3v) is 3.28. The van der Waals surface area contributed by atoms with Crippen molar-refractivity contribution in [2.45, 2.75) is 13.5 Å². The van der Waals surface area contributed by atoms with Crippen LogP contribution in [0.3, 0.4) is 0 Å². The molecule has 0 saturated heterocycles. The first-order valence-corrected chi connectivity index (χ1v) is 6.50. The number of aryl methyl sites for hydroxylation is 1. The highest BCUT2D eigenvalue weighted by atomic mass is 32.1. The Morgan fingerprint density at radius 1 is 1.35 bits per heavy atom. The Kier molecular flexibility index (Phi) is 3.64. The predicted molar refractivity (Wildman–Crippen MR) is 74.9 cm³/mol. The van der Waals surface area contributed by atoms with Gasteiger partial charge >= 0.3 is 0 Å². The van der Waals surface area contributed by atoms with E-state index in [1.54, 1.807) is 11.3 Å². The van der Waals surface area contributed by atoms with E-state index in [1.165, 1.54) is 11.3 Å². The van der Waals surface area contributed by atoms with E-state index in [0.717, 1.165) is 17.9 Å². The zero-order valence-electron chi connectivity index (χ0n) is 10.4. The van der Waals surface area contributed by atoms with Crippen LogP contribution in [0.15, 0.2) is 29.1 Å². The number of benzene rings is 1. The van der Waals surface area contributed by atoms with E-state index in [0.29, 0.717) is 0 Å². The van der Waals surface area contributed by atoms with Gasteiger partial charge < -0.3 is 10.2 Å². The lowest BCUT2D eigenvalue weighted by molar-refractivity contribution is 1.07. The zero-order valence-corrected chi connectivity index (χ0v) is 11.2. The molecule has 17 heavy (non-hydrogen) atoms. The first kappa shape index (κ1) is 11.9. The van der Waals surface area contributed by atoms with Crippen LogP contribution in [0.5, 0.6) is 0 Å². The summed E-state index contributed by atoms with van der Waals surface area (Å²) in [6, 6.07) is 6.41. The number of rotatable bonds is 4. The molecule has 0 unspecified atom stereocenters. The van der Waals surface area contributed by atoms with Crippen molar-refractivity contribution in [3.63, 3.8) is 0 Å². The molecular formula is C13H17N3S.